The molecule has 2 aliphatic rings. The number of amides is 3. The predicted octanol–water partition coefficient (Wildman–Crippen LogP) is 1.23. The molecule has 21 heavy (non-hydrogen) atoms. The largest absolute Gasteiger partial charge is 0.391 e. The summed E-state index contributed by atoms with van der Waals surface area (Å²) in [5.41, 5.74) is 0. The average molecular weight is 306 g/mol. The summed E-state index contributed by atoms with van der Waals surface area (Å²) in [4.78, 5) is 36.3. The normalized spacial score (nSPS) is 31.0. The van der Waals surface area contributed by atoms with Crippen LogP contribution in [0.1, 0.15) is 32.6 Å². The van der Waals surface area contributed by atoms with Crippen molar-refractivity contribution in [3.05, 3.63) is 0 Å². The molecule has 3 amide bonds. The lowest BCUT2D eigenvalue weighted by Crippen LogP contribution is -2.59. The molecule has 5 nitrogen and oxygen atoms in total. The Morgan fingerprint density at radius 3 is 2.29 bits per heavy atom. The number of imide groups is 1. The first kappa shape index (κ1) is 15.8. The number of carbonyl (C=O) groups excluding carboxylic acids is 3. The first-order valence-corrected chi connectivity index (χ1v) is 6.91. The van der Waals surface area contributed by atoms with E-state index < -0.39 is 41.8 Å². The van der Waals surface area contributed by atoms with Gasteiger partial charge in [-0.15, -0.1) is 0 Å². The van der Waals surface area contributed by atoms with Gasteiger partial charge in [-0.25, -0.2) is 0 Å². The quantitative estimate of drug-likeness (QED) is 0.741. The Morgan fingerprint density at radius 1 is 1.19 bits per heavy atom. The van der Waals surface area contributed by atoms with Gasteiger partial charge in [0.1, 0.15) is 12.6 Å². The van der Waals surface area contributed by atoms with Gasteiger partial charge in [0.15, 0.2) is 0 Å². The Bertz CT molecular complexity index is 456. The molecule has 118 valence electrons. The zero-order valence-electron chi connectivity index (χ0n) is 11.6. The summed E-state index contributed by atoms with van der Waals surface area (Å²) >= 11 is 0. The molecule has 0 spiro atoms. The van der Waals surface area contributed by atoms with E-state index in [2.05, 4.69) is 5.32 Å². The van der Waals surface area contributed by atoms with Crippen LogP contribution >= 0.6 is 0 Å². The van der Waals surface area contributed by atoms with Gasteiger partial charge >= 0.3 is 6.18 Å². The molecular formula is C13H17F3N2O3. The van der Waals surface area contributed by atoms with Crippen molar-refractivity contribution in [2.75, 3.05) is 6.54 Å². The molecule has 1 aliphatic carbocycles. The third kappa shape index (κ3) is 3.36. The molecule has 0 bridgehead atoms. The van der Waals surface area contributed by atoms with E-state index in [-0.39, 0.29) is 32.2 Å². The summed E-state index contributed by atoms with van der Waals surface area (Å²) < 4.78 is 37.8. The molecule has 2 rings (SSSR count). The van der Waals surface area contributed by atoms with Gasteiger partial charge in [-0.1, -0.05) is 0 Å². The molecule has 0 radical (unpaired) electrons. The lowest BCUT2D eigenvalue weighted by Gasteiger charge is -2.36. The van der Waals surface area contributed by atoms with Crippen molar-refractivity contribution in [3.8, 4) is 0 Å². The summed E-state index contributed by atoms with van der Waals surface area (Å²) in [5.74, 6) is -3.40. The van der Waals surface area contributed by atoms with Crippen molar-refractivity contribution in [3.63, 3.8) is 0 Å². The Labute approximate surface area is 119 Å². The number of nitrogens with one attached hydrogen (secondary N) is 1. The number of halogens is 3. The average Bonchev–Trinajstić information content (AvgIpc) is 2.41. The zero-order valence-corrected chi connectivity index (χ0v) is 11.6. The van der Waals surface area contributed by atoms with Gasteiger partial charge in [-0.3, -0.25) is 19.7 Å². The minimum Gasteiger partial charge on any atom is -0.321 e. The van der Waals surface area contributed by atoms with Crippen LogP contribution in [0, 0.1) is 11.8 Å². The maximum atomic E-state index is 12.6. The second-order valence-corrected chi connectivity index (χ2v) is 5.64. The van der Waals surface area contributed by atoms with Crippen LogP contribution < -0.4 is 5.32 Å². The third-order valence-corrected chi connectivity index (χ3v) is 4.25. The molecule has 1 unspecified atom stereocenters. The summed E-state index contributed by atoms with van der Waals surface area (Å²) in [6, 6.07) is -0.768. The predicted molar refractivity (Wildman–Crippen MR) is 65.8 cm³/mol. The van der Waals surface area contributed by atoms with Gasteiger partial charge in [0.05, 0.1) is 5.92 Å². The van der Waals surface area contributed by atoms with Crippen LogP contribution in [0.5, 0.6) is 0 Å². The van der Waals surface area contributed by atoms with E-state index in [0.29, 0.717) is 0 Å². The second kappa shape index (κ2) is 5.65. The Balaban J connectivity index is 1.98. The van der Waals surface area contributed by atoms with Gasteiger partial charge in [-0.05, 0) is 32.6 Å². The molecule has 0 aromatic heterocycles. The summed E-state index contributed by atoms with van der Waals surface area (Å²) in [6.07, 6.45) is -4.10. The minimum absolute atomic E-state index is 0.0811. The maximum Gasteiger partial charge on any atom is 0.391 e. The molecule has 1 atom stereocenters. The van der Waals surface area contributed by atoms with Crippen LogP contribution in [0.3, 0.4) is 0 Å². The monoisotopic (exact) mass is 306 g/mol. The number of hydrogen-bond acceptors (Lipinski definition) is 3. The molecule has 0 aromatic carbocycles. The Hall–Kier alpha value is -1.60. The number of piperazine rings is 1. The van der Waals surface area contributed by atoms with Crippen LogP contribution in [0.25, 0.3) is 0 Å². The van der Waals surface area contributed by atoms with Crippen molar-refractivity contribution in [2.24, 2.45) is 11.8 Å². The van der Waals surface area contributed by atoms with E-state index in [1.54, 1.807) is 0 Å². The molecule has 1 saturated heterocycles. The van der Waals surface area contributed by atoms with E-state index >= 15 is 0 Å². The first-order valence-electron chi connectivity index (χ1n) is 6.91. The van der Waals surface area contributed by atoms with E-state index in [1.165, 1.54) is 11.8 Å². The molecule has 2 fully saturated rings. The SMILES string of the molecule is CC1C(=O)NC(=O)CN1C(=O)C1CCC(C(F)(F)F)CC1. The highest BCUT2D eigenvalue weighted by atomic mass is 19.4. The van der Waals surface area contributed by atoms with Gasteiger partial charge in [0.2, 0.25) is 17.7 Å². The lowest BCUT2D eigenvalue weighted by molar-refractivity contribution is -0.185. The Kier molecular flexibility index (Phi) is 4.25. The van der Waals surface area contributed by atoms with E-state index in [0.717, 1.165) is 0 Å². The van der Waals surface area contributed by atoms with Crippen LogP contribution in [0.2, 0.25) is 0 Å². The van der Waals surface area contributed by atoms with Gasteiger partial charge in [-0.2, -0.15) is 13.2 Å². The van der Waals surface area contributed by atoms with Crippen LogP contribution in [-0.4, -0.2) is 41.4 Å². The zero-order chi connectivity index (χ0) is 15.8. The number of alkyl halides is 3. The molecule has 1 aliphatic heterocycles. The summed E-state index contributed by atoms with van der Waals surface area (Å²) in [7, 11) is 0. The Morgan fingerprint density at radius 2 is 1.76 bits per heavy atom. The molecule has 8 heteroatoms. The standard InChI is InChI=1S/C13H17F3N2O3/c1-7-11(20)17-10(19)6-18(7)12(21)8-2-4-9(5-3-8)13(14,15)16/h7-9H,2-6H2,1H3,(H,17,19,20). The fourth-order valence-electron chi connectivity index (χ4n) is 2.89. The van der Waals surface area contributed by atoms with Gasteiger partial charge in [0.25, 0.3) is 0 Å². The number of nitrogens with zero attached hydrogens (tertiary/aromatic N) is 1. The number of carbonyl (C=O) groups is 3. The van der Waals surface area contributed by atoms with Gasteiger partial charge < -0.3 is 4.90 Å². The highest BCUT2D eigenvalue weighted by Crippen LogP contribution is 2.40. The lowest BCUT2D eigenvalue weighted by atomic mass is 9.80. The molecule has 1 N–H and O–H groups in total. The fourth-order valence-corrected chi connectivity index (χ4v) is 2.89. The number of hydrogen-bond donors (Lipinski definition) is 1. The fraction of sp³-hybridized carbons (Fsp3) is 0.769. The highest BCUT2D eigenvalue weighted by molar-refractivity contribution is 6.04. The van der Waals surface area contributed by atoms with Crippen LogP contribution in [0.15, 0.2) is 0 Å². The van der Waals surface area contributed by atoms with E-state index in [9.17, 15) is 27.6 Å². The molecule has 1 heterocycles. The van der Waals surface area contributed by atoms with Crippen molar-refractivity contribution < 1.29 is 27.6 Å². The molecule has 1 saturated carbocycles. The maximum absolute atomic E-state index is 12.6. The topological polar surface area (TPSA) is 66.5 Å². The number of rotatable bonds is 1. The third-order valence-electron chi connectivity index (χ3n) is 4.25. The molecule has 0 aromatic rings. The van der Waals surface area contributed by atoms with Crippen molar-refractivity contribution >= 4 is 17.7 Å². The van der Waals surface area contributed by atoms with Crippen molar-refractivity contribution in [1.82, 2.24) is 10.2 Å². The van der Waals surface area contributed by atoms with E-state index in [1.807, 2.05) is 0 Å². The van der Waals surface area contributed by atoms with Gasteiger partial charge in [0, 0.05) is 5.92 Å². The van der Waals surface area contributed by atoms with E-state index in [4.69, 9.17) is 0 Å². The molecular weight excluding hydrogens is 289 g/mol. The van der Waals surface area contributed by atoms with Crippen molar-refractivity contribution in [1.29, 1.82) is 0 Å². The van der Waals surface area contributed by atoms with Crippen molar-refractivity contribution in [2.45, 2.75) is 44.8 Å². The second-order valence-electron chi connectivity index (χ2n) is 5.64. The highest BCUT2D eigenvalue weighted by Gasteiger charge is 2.44. The van der Waals surface area contributed by atoms with Crippen LogP contribution in [0.4, 0.5) is 13.2 Å². The smallest absolute Gasteiger partial charge is 0.321 e. The van der Waals surface area contributed by atoms with Crippen LogP contribution in [-0.2, 0) is 14.4 Å². The summed E-state index contributed by atoms with van der Waals surface area (Å²) in [5, 5.41) is 2.12. The first-order chi connectivity index (χ1) is 9.70. The summed E-state index contributed by atoms with van der Waals surface area (Å²) in [6.45, 7) is 1.28. The minimum atomic E-state index is -4.22.